The van der Waals surface area contributed by atoms with E-state index in [4.69, 9.17) is 4.74 Å². The molecule has 2 fully saturated rings. The monoisotopic (exact) mass is 367 g/mol. The number of amides is 1. The SMILES string of the molecule is CC[C@@H]1CN(C(=O)c2nccs2)[C@H](CO)[C@@H]1CN1CCC[C@@H]1COC. The van der Waals surface area contributed by atoms with Crippen molar-refractivity contribution < 1.29 is 14.6 Å². The Bertz CT molecular complexity index is 554. The van der Waals surface area contributed by atoms with Gasteiger partial charge in [0.25, 0.3) is 5.91 Å². The van der Waals surface area contributed by atoms with Crippen LogP contribution in [0.15, 0.2) is 11.6 Å². The number of hydrogen-bond donors (Lipinski definition) is 1. The van der Waals surface area contributed by atoms with Crippen LogP contribution >= 0.6 is 11.3 Å². The summed E-state index contributed by atoms with van der Waals surface area (Å²) in [5.74, 6) is 0.686. The first-order chi connectivity index (χ1) is 12.2. The van der Waals surface area contributed by atoms with Crippen LogP contribution in [0.25, 0.3) is 0 Å². The molecule has 1 amide bonds. The van der Waals surface area contributed by atoms with Gasteiger partial charge in [-0.25, -0.2) is 4.98 Å². The van der Waals surface area contributed by atoms with Crippen LogP contribution in [0.3, 0.4) is 0 Å². The Hall–Kier alpha value is -1.02. The Morgan fingerprint density at radius 1 is 1.52 bits per heavy atom. The Morgan fingerprint density at radius 2 is 2.36 bits per heavy atom. The van der Waals surface area contributed by atoms with Crippen molar-refractivity contribution in [2.45, 2.75) is 38.3 Å². The van der Waals surface area contributed by atoms with Crippen LogP contribution in [0.1, 0.15) is 36.0 Å². The number of nitrogens with zero attached hydrogens (tertiary/aromatic N) is 3. The molecule has 0 saturated carbocycles. The highest BCUT2D eigenvalue weighted by Crippen LogP contribution is 2.35. The maximum Gasteiger partial charge on any atom is 0.283 e. The third-order valence-corrected chi connectivity index (χ3v) is 6.58. The molecule has 4 atom stereocenters. The lowest BCUT2D eigenvalue weighted by Crippen LogP contribution is -2.45. The van der Waals surface area contributed by atoms with Crippen molar-refractivity contribution in [3.05, 3.63) is 16.6 Å². The summed E-state index contributed by atoms with van der Waals surface area (Å²) in [5.41, 5.74) is 0. The molecule has 7 heteroatoms. The number of hydrogen-bond acceptors (Lipinski definition) is 6. The van der Waals surface area contributed by atoms with Gasteiger partial charge in [-0.3, -0.25) is 9.69 Å². The molecule has 3 rings (SSSR count). The van der Waals surface area contributed by atoms with Crippen molar-refractivity contribution in [2.24, 2.45) is 11.8 Å². The summed E-state index contributed by atoms with van der Waals surface area (Å²) in [6, 6.07) is 0.343. The lowest BCUT2D eigenvalue weighted by molar-refractivity contribution is 0.0578. The maximum atomic E-state index is 12.8. The topological polar surface area (TPSA) is 65.9 Å². The molecule has 3 heterocycles. The summed E-state index contributed by atoms with van der Waals surface area (Å²) in [5, 5.41) is 12.4. The van der Waals surface area contributed by atoms with Gasteiger partial charge in [0.2, 0.25) is 0 Å². The smallest absolute Gasteiger partial charge is 0.283 e. The summed E-state index contributed by atoms with van der Waals surface area (Å²) in [7, 11) is 1.76. The molecule has 0 aromatic carbocycles. The van der Waals surface area contributed by atoms with Crippen LogP contribution in [0.2, 0.25) is 0 Å². The van der Waals surface area contributed by atoms with E-state index in [9.17, 15) is 9.90 Å². The zero-order valence-electron chi connectivity index (χ0n) is 15.1. The average Bonchev–Trinajstić information content (AvgIpc) is 3.35. The zero-order valence-corrected chi connectivity index (χ0v) is 16.0. The van der Waals surface area contributed by atoms with E-state index < -0.39 is 0 Å². The van der Waals surface area contributed by atoms with Gasteiger partial charge in [0, 0.05) is 37.8 Å². The number of ether oxygens (including phenoxy) is 1. The lowest BCUT2D eigenvalue weighted by atomic mass is 9.88. The molecule has 2 saturated heterocycles. The summed E-state index contributed by atoms with van der Waals surface area (Å²) in [6.07, 6.45) is 5.05. The van der Waals surface area contributed by atoms with Gasteiger partial charge in [0.1, 0.15) is 0 Å². The predicted molar refractivity (Wildman–Crippen MR) is 97.8 cm³/mol. The first-order valence-electron chi connectivity index (χ1n) is 9.23. The van der Waals surface area contributed by atoms with Crippen molar-refractivity contribution in [2.75, 3.05) is 40.0 Å². The molecule has 0 aliphatic carbocycles. The van der Waals surface area contributed by atoms with Crippen molar-refractivity contribution in [3.8, 4) is 0 Å². The quantitative estimate of drug-likeness (QED) is 0.795. The number of aliphatic hydroxyl groups excluding tert-OH is 1. The fraction of sp³-hybridized carbons (Fsp3) is 0.778. The first-order valence-corrected chi connectivity index (χ1v) is 10.1. The van der Waals surface area contributed by atoms with E-state index in [0.29, 0.717) is 29.4 Å². The molecular formula is C18H29N3O3S. The number of likely N-dealkylation sites (tertiary alicyclic amines) is 2. The van der Waals surface area contributed by atoms with Crippen LogP contribution in [-0.2, 0) is 4.74 Å². The standard InChI is InChI=1S/C18H29N3O3S/c1-3-13-9-21(18(23)17-19-6-8-25-17)16(11-22)15(13)10-20-7-4-5-14(20)12-24-2/h6,8,13-16,22H,3-5,7,9-12H2,1-2H3/t13-,14-,15-,16-/m1/s1. The Morgan fingerprint density at radius 3 is 3.00 bits per heavy atom. The summed E-state index contributed by atoms with van der Waals surface area (Å²) < 4.78 is 5.37. The van der Waals surface area contributed by atoms with Crippen LogP contribution in [-0.4, -0.2) is 77.8 Å². The van der Waals surface area contributed by atoms with Gasteiger partial charge in [0.05, 0.1) is 19.3 Å². The number of aliphatic hydroxyl groups is 1. The third-order valence-electron chi connectivity index (χ3n) is 5.82. The number of thiazole rings is 1. The molecule has 140 valence electrons. The molecule has 0 radical (unpaired) electrons. The number of aromatic nitrogens is 1. The molecule has 0 unspecified atom stereocenters. The highest BCUT2D eigenvalue weighted by atomic mass is 32.1. The molecule has 6 nitrogen and oxygen atoms in total. The third kappa shape index (κ3) is 3.89. The zero-order chi connectivity index (χ0) is 17.8. The first kappa shape index (κ1) is 18.8. The lowest BCUT2D eigenvalue weighted by Gasteiger charge is -2.32. The van der Waals surface area contributed by atoms with E-state index in [0.717, 1.165) is 26.1 Å². The van der Waals surface area contributed by atoms with Gasteiger partial charge in [0.15, 0.2) is 5.01 Å². The van der Waals surface area contributed by atoms with Crippen LogP contribution in [0, 0.1) is 11.8 Å². The summed E-state index contributed by atoms with van der Waals surface area (Å²) in [6.45, 7) is 5.68. The van der Waals surface area contributed by atoms with E-state index in [2.05, 4.69) is 16.8 Å². The predicted octanol–water partition coefficient (Wildman–Crippen LogP) is 1.71. The van der Waals surface area contributed by atoms with Gasteiger partial charge >= 0.3 is 0 Å². The Labute approximate surface area is 153 Å². The normalized spacial score (nSPS) is 30.3. The fourth-order valence-electron chi connectivity index (χ4n) is 4.48. The second-order valence-electron chi connectivity index (χ2n) is 7.12. The number of rotatable bonds is 7. The van der Waals surface area contributed by atoms with Crippen molar-refractivity contribution in [3.63, 3.8) is 0 Å². The molecule has 2 aliphatic heterocycles. The minimum Gasteiger partial charge on any atom is -0.394 e. The molecule has 25 heavy (non-hydrogen) atoms. The molecule has 1 N–H and O–H groups in total. The Balaban J connectivity index is 1.74. The summed E-state index contributed by atoms with van der Waals surface area (Å²) in [4.78, 5) is 21.3. The minimum absolute atomic E-state index is 0.0149. The van der Waals surface area contributed by atoms with Crippen molar-refractivity contribution >= 4 is 17.2 Å². The van der Waals surface area contributed by atoms with Crippen molar-refractivity contribution in [1.82, 2.24) is 14.8 Å². The van der Waals surface area contributed by atoms with Crippen LogP contribution in [0.5, 0.6) is 0 Å². The van der Waals surface area contributed by atoms with Gasteiger partial charge in [-0.2, -0.15) is 0 Å². The van der Waals surface area contributed by atoms with Crippen molar-refractivity contribution in [1.29, 1.82) is 0 Å². The van der Waals surface area contributed by atoms with E-state index >= 15 is 0 Å². The molecule has 2 aliphatic rings. The van der Waals surface area contributed by atoms with Crippen LogP contribution in [0.4, 0.5) is 0 Å². The van der Waals surface area contributed by atoms with E-state index in [1.807, 2.05) is 10.3 Å². The van der Waals surface area contributed by atoms with Gasteiger partial charge < -0.3 is 14.7 Å². The largest absolute Gasteiger partial charge is 0.394 e. The summed E-state index contributed by atoms with van der Waals surface area (Å²) >= 11 is 1.37. The minimum atomic E-state index is -0.120. The molecular weight excluding hydrogens is 338 g/mol. The number of methoxy groups -OCH3 is 1. The molecule has 1 aromatic heterocycles. The molecule has 0 bridgehead atoms. The highest BCUT2D eigenvalue weighted by Gasteiger charge is 2.44. The maximum absolute atomic E-state index is 12.8. The number of carbonyl (C=O) groups excluding carboxylic acids is 1. The van der Waals surface area contributed by atoms with E-state index in [-0.39, 0.29) is 18.6 Å². The average molecular weight is 368 g/mol. The van der Waals surface area contributed by atoms with Crippen LogP contribution < -0.4 is 0 Å². The molecule has 1 aromatic rings. The second kappa shape index (κ2) is 8.58. The highest BCUT2D eigenvalue weighted by molar-refractivity contribution is 7.11. The van der Waals surface area contributed by atoms with Gasteiger partial charge in [-0.15, -0.1) is 11.3 Å². The second-order valence-corrected chi connectivity index (χ2v) is 8.02. The number of carbonyl (C=O) groups is 1. The van der Waals surface area contributed by atoms with E-state index in [1.165, 1.54) is 24.2 Å². The van der Waals surface area contributed by atoms with E-state index in [1.54, 1.807) is 13.3 Å². The molecule has 0 spiro atoms. The fourth-order valence-corrected chi connectivity index (χ4v) is 5.07. The van der Waals surface area contributed by atoms with Gasteiger partial charge in [-0.05, 0) is 31.2 Å². The van der Waals surface area contributed by atoms with Gasteiger partial charge in [-0.1, -0.05) is 13.3 Å². The Kier molecular flexibility index (Phi) is 6.44.